The Bertz CT molecular complexity index is 1670. The highest BCUT2D eigenvalue weighted by molar-refractivity contribution is 7.85. The predicted molar refractivity (Wildman–Crippen MR) is 186 cm³/mol. The van der Waals surface area contributed by atoms with Crippen LogP contribution in [0.3, 0.4) is 0 Å². The van der Waals surface area contributed by atoms with E-state index in [1.165, 1.54) is 12.1 Å². The van der Waals surface area contributed by atoms with Crippen molar-refractivity contribution in [3.8, 4) is 17.2 Å². The highest BCUT2D eigenvalue weighted by atomic mass is 32.2. The molecule has 0 saturated carbocycles. The summed E-state index contributed by atoms with van der Waals surface area (Å²) in [5.41, 5.74) is 2.26. The molecule has 3 unspecified atom stereocenters. The van der Waals surface area contributed by atoms with Crippen molar-refractivity contribution in [2.45, 2.75) is 80.4 Å². The molecule has 4 aromatic carbocycles. The average Bonchev–Trinajstić information content (AvgIpc) is 3.14. The minimum absolute atomic E-state index is 0.0746. The van der Waals surface area contributed by atoms with Gasteiger partial charge < -0.3 is 33.0 Å². The quantitative estimate of drug-likeness (QED) is 0.117. The molecule has 0 aliphatic carbocycles. The highest BCUT2D eigenvalue weighted by Gasteiger charge is 2.40. The van der Waals surface area contributed by atoms with Crippen LogP contribution >= 0.6 is 0 Å². The van der Waals surface area contributed by atoms with Crippen molar-refractivity contribution in [1.29, 1.82) is 0 Å². The van der Waals surface area contributed by atoms with E-state index in [0.717, 1.165) is 80.2 Å². The van der Waals surface area contributed by atoms with E-state index >= 15 is 0 Å². The van der Waals surface area contributed by atoms with E-state index in [-0.39, 0.29) is 23.6 Å². The zero-order valence-corrected chi connectivity index (χ0v) is 28.9. The lowest BCUT2D eigenvalue weighted by Crippen LogP contribution is -2.32. The maximum absolute atomic E-state index is 12.1. The van der Waals surface area contributed by atoms with Gasteiger partial charge in [0.15, 0.2) is 12.6 Å². The molecule has 4 aromatic rings. The van der Waals surface area contributed by atoms with Gasteiger partial charge in [-0.2, -0.15) is 0 Å². The molecule has 0 aromatic heterocycles. The molecule has 264 valence electrons. The van der Waals surface area contributed by atoms with Gasteiger partial charge in [-0.25, -0.2) is 8.42 Å². The SMILES string of the molecule is O=S(=O)([O-])c1ccc(C(c2cccc(OC3CCCOC3)c2)(c2cccc(OC3CCCCO3)c2)c2cccc(OC3CCCCO3)c2)cc1. The van der Waals surface area contributed by atoms with Gasteiger partial charge >= 0.3 is 0 Å². The van der Waals surface area contributed by atoms with E-state index < -0.39 is 15.5 Å². The zero-order chi connectivity index (χ0) is 34.4. The van der Waals surface area contributed by atoms with Crippen LogP contribution in [0.1, 0.15) is 73.6 Å². The van der Waals surface area contributed by atoms with E-state index in [1.807, 2.05) is 72.8 Å². The standard InChI is InChI=1S/C40H44O9S/c41-50(42,43)37-20-18-29(19-21-37)40(30-9-5-12-33(25-30)47-36-15-8-22-44-28-36,31-10-6-13-34(26-31)48-38-16-1-3-23-45-38)32-11-7-14-35(27-32)49-39-17-2-4-24-46-39/h5-7,9-14,18-21,25-27,36,38-39H,1-4,8,15-17,22-24,28H2,(H,41,42,43)/p-1. The van der Waals surface area contributed by atoms with Crippen molar-refractivity contribution in [3.63, 3.8) is 0 Å². The molecular formula is C40H43O9S-. The summed E-state index contributed by atoms with van der Waals surface area (Å²) in [6.07, 6.45) is 6.72. The Balaban J connectivity index is 1.41. The van der Waals surface area contributed by atoms with Crippen LogP contribution in [0.2, 0.25) is 0 Å². The third kappa shape index (κ3) is 7.85. The van der Waals surface area contributed by atoms with E-state index in [1.54, 1.807) is 12.1 Å². The Kier molecular flexibility index (Phi) is 10.7. The molecule has 0 N–H and O–H groups in total. The van der Waals surface area contributed by atoms with Gasteiger partial charge in [0.1, 0.15) is 33.5 Å². The van der Waals surface area contributed by atoms with Crippen LogP contribution in [-0.4, -0.2) is 58.1 Å². The molecule has 3 saturated heterocycles. The zero-order valence-electron chi connectivity index (χ0n) is 28.0. The van der Waals surface area contributed by atoms with Crippen LogP contribution in [0, 0.1) is 0 Å². The fourth-order valence-electron chi connectivity index (χ4n) is 7.19. The van der Waals surface area contributed by atoms with Crippen LogP contribution in [0.25, 0.3) is 0 Å². The Labute approximate surface area is 294 Å². The van der Waals surface area contributed by atoms with Gasteiger partial charge in [0.25, 0.3) is 0 Å². The first-order valence-corrected chi connectivity index (χ1v) is 19.0. The molecule has 7 rings (SSSR count). The Hall–Kier alpha value is -3.93. The molecule has 50 heavy (non-hydrogen) atoms. The van der Waals surface area contributed by atoms with Crippen molar-refractivity contribution >= 4 is 10.1 Å². The molecule has 10 heteroatoms. The second-order valence-electron chi connectivity index (χ2n) is 13.1. The number of ether oxygens (including phenoxy) is 6. The molecule has 3 fully saturated rings. The minimum Gasteiger partial charge on any atom is -0.744 e. The van der Waals surface area contributed by atoms with Gasteiger partial charge in [-0.3, -0.25) is 0 Å². The summed E-state index contributed by atoms with van der Waals surface area (Å²) in [6, 6.07) is 30.0. The molecule has 3 aliphatic heterocycles. The summed E-state index contributed by atoms with van der Waals surface area (Å²) in [7, 11) is -4.68. The van der Waals surface area contributed by atoms with Crippen LogP contribution in [0.5, 0.6) is 17.2 Å². The largest absolute Gasteiger partial charge is 0.744 e. The van der Waals surface area contributed by atoms with Crippen LogP contribution in [0.15, 0.2) is 102 Å². The van der Waals surface area contributed by atoms with E-state index in [0.29, 0.717) is 37.1 Å². The first-order chi connectivity index (χ1) is 24.4. The van der Waals surface area contributed by atoms with Gasteiger partial charge in [-0.15, -0.1) is 0 Å². The van der Waals surface area contributed by atoms with Crippen molar-refractivity contribution in [1.82, 2.24) is 0 Å². The molecule has 3 aliphatic rings. The van der Waals surface area contributed by atoms with Crippen LogP contribution in [-0.2, 0) is 29.7 Å². The first kappa shape index (κ1) is 34.5. The summed E-state index contributed by atoms with van der Waals surface area (Å²) in [5.74, 6) is 1.98. The first-order valence-electron chi connectivity index (χ1n) is 17.6. The molecule has 0 amide bonds. The van der Waals surface area contributed by atoms with Crippen LogP contribution < -0.4 is 14.2 Å². The van der Waals surface area contributed by atoms with Gasteiger partial charge in [0, 0.05) is 19.4 Å². The van der Waals surface area contributed by atoms with Gasteiger partial charge in [-0.1, -0.05) is 48.5 Å². The molecule has 3 heterocycles. The van der Waals surface area contributed by atoms with Gasteiger partial charge in [0.05, 0.1) is 30.1 Å². The van der Waals surface area contributed by atoms with Gasteiger partial charge in [0.2, 0.25) is 0 Å². The third-order valence-corrected chi connectivity index (χ3v) is 10.5. The maximum Gasteiger partial charge on any atom is 0.199 e. The van der Waals surface area contributed by atoms with Crippen molar-refractivity contribution in [3.05, 3.63) is 119 Å². The predicted octanol–water partition coefficient (Wildman–Crippen LogP) is 7.34. The monoisotopic (exact) mass is 699 g/mol. The molecule has 0 radical (unpaired) electrons. The highest BCUT2D eigenvalue weighted by Crippen LogP contribution is 2.48. The maximum atomic E-state index is 12.1. The van der Waals surface area contributed by atoms with Gasteiger partial charge in [-0.05, 0) is 109 Å². The molecule has 0 bridgehead atoms. The lowest BCUT2D eigenvalue weighted by atomic mass is 9.65. The normalized spacial score (nSPS) is 22.6. The van der Waals surface area contributed by atoms with E-state index in [4.69, 9.17) is 28.4 Å². The van der Waals surface area contributed by atoms with Crippen molar-refractivity contribution < 1.29 is 41.4 Å². The number of hydrogen-bond donors (Lipinski definition) is 0. The smallest absolute Gasteiger partial charge is 0.199 e. The second-order valence-corrected chi connectivity index (χ2v) is 14.5. The summed E-state index contributed by atoms with van der Waals surface area (Å²) < 4.78 is 73.0. The fourth-order valence-corrected chi connectivity index (χ4v) is 7.66. The average molecular weight is 700 g/mol. The second kappa shape index (κ2) is 15.5. The summed E-state index contributed by atoms with van der Waals surface area (Å²) >= 11 is 0. The summed E-state index contributed by atoms with van der Waals surface area (Å²) in [6.45, 7) is 2.55. The Morgan fingerprint density at radius 2 is 1.10 bits per heavy atom. The van der Waals surface area contributed by atoms with E-state index in [2.05, 4.69) is 0 Å². The summed E-state index contributed by atoms with van der Waals surface area (Å²) in [5, 5.41) is 0. The Morgan fingerprint density at radius 1 is 0.580 bits per heavy atom. The minimum atomic E-state index is -4.68. The topological polar surface area (TPSA) is 113 Å². The third-order valence-electron chi connectivity index (χ3n) is 9.61. The Morgan fingerprint density at radius 3 is 1.54 bits per heavy atom. The lowest BCUT2D eigenvalue weighted by molar-refractivity contribution is -0.106. The molecule has 9 nitrogen and oxygen atoms in total. The molecular weight excluding hydrogens is 656 g/mol. The number of hydrogen-bond acceptors (Lipinski definition) is 9. The fraction of sp³-hybridized carbons (Fsp3) is 0.400. The lowest BCUT2D eigenvalue weighted by Gasteiger charge is -2.38. The van der Waals surface area contributed by atoms with Crippen LogP contribution in [0.4, 0.5) is 0 Å². The number of benzene rings is 4. The molecule has 3 atom stereocenters. The summed E-state index contributed by atoms with van der Waals surface area (Å²) in [4.78, 5) is -0.303. The number of rotatable bonds is 11. The molecule has 0 spiro atoms. The van der Waals surface area contributed by atoms with E-state index in [9.17, 15) is 13.0 Å². The van der Waals surface area contributed by atoms with Crippen molar-refractivity contribution in [2.24, 2.45) is 0 Å². The van der Waals surface area contributed by atoms with Crippen molar-refractivity contribution in [2.75, 3.05) is 26.4 Å².